The fourth-order valence-electron chi connectivity index (χ4n) is 2.44. The van der Waals surface area contributed by atoms with Crippen LogP contribution in [0.2, 0.25) is 0 Å². The minimum atomic E-state index is 0.667. The first-order chi connectivity index (χ1) is 9.63. The van der Waals surface area contributed by atoms with Gasteiger partial charge in [-0.05, 0) is 25.8 Å². The SMILES string of the molecule is CC1=CCCN(CCn2cc(CNCC(C)C)nn2)C1. The van der Waals surface area contributed by atoms with Crippen LogP contribution in [0.25, 0.3) is 0 Å². The highest BCUT2D eigenvalue weighted by Crippen LogP contribution is 2.08. The lowest BCUT2D eigenvalue weighted by atomic mass is 10.1. The zero-order chi connectivity index (χ0) is 14.4. The second kappa shape index (κ2) is 7.55. The maximum Gasteiger partial charge on any atom is 0.0964 e. The predicted octanol–water partition coefficient (Wildman–Crippen LogP) is 1.68. The summed E-state index contributed by atoms with van der Waals surface area (Å²) < 4.78 is 1.96. The molecule has 0 radical (unpaired) electrons. The van der Waals surface area contributed by atoms with E-state index in [1.165, 1.54) is 12.0 Å². The molecule has 0 atom stereocenters. The molecule has 1 aromatic heterocycles. The van der Waals surface area contributed by atoms with Crippen molar-refractivity contribution < 1.29 is 0 Å². The van der Waals surface area contributed by atoms with Crippen LogP contribution in [0.1, 0.15) is 32.9 Å². The van der Waals surface area contributed by atoms with E-state index >= 15 is 0 Å². The van der Waals surface area contributed by atoms with Gasteiger partial charge in [0.05, 0.1) is 12.2 Å². The molecule has 0 bridgehead atoms. The topological polar surface area (TPSA) is 46.0 Å². The van der Waals surface area contributed by atoms with Crippen molar-refractivity contribution in [2.45, 2.75) is 40.3 Å². The van der Waals surface area contributed by atoms with E-state index in [2.05, 4.69) is 53.6 Å². The Bertz CT molecular complexity index is 435. The average Bonchev–Trinajstić information content (AvgIpc) is 2.84. The van der Waals surface area contributed by atoms with E-state index in [0.29, 0.717) is 5.92 Å². The fourth-order valence-corrected chi connectivity index (χ4v) is 2.44. The third-order valence-electron chi connectivity index (χ3n) is 3.50. The van der Waals surface area contributed by atoms with E-state index in [1.807, 2.05) is 4.68 Å². The molecule has 5 nitrogen and oxygen atoms in total. The molecule has 0 unspecified atom stereocenters. The van der Waals surface area contributed by atoms with Crippen LogP contribution in [0.3, 0.4) is 0 Å². The number of hydrogen-bond donors (Lipinski definition) is 1. The largest absolute Gasteiger partial charge is 0.311 e. The van der Waals surface area contributed by atoms with Crippen LogP contribution in [0, 0.1) is 5.92 Å². The number of nitrogens with zero attached hydrogens (tertiary/aromatic N) is 4. The van der Waals surface area contributed by atoms with Crippen molar-refractivity contribution in [1.29, 1.82) is 0 Å². The quantitative estimate of drug-likeness (QED) is 0.770. The van der Waals surface area contributed by atoms with Gasteiger partial charge in [-0.3, -0.25) is 9.58 Å². The zero-order valence-corrected chi connectivity index (χ0v) is 13.0. The molecule has 2 heterocycles. The average molecular weight is 277 g/mol. The summed E-state index contributed by atoms with van der Waals surface area (Å²) >= 11 is 0. The van der Waals surface area contributed by atoms with Gasteiger partial charge in [0.25, 0.3) is 0 Å². The third kappa shape index (κ3) is 5.06. The molecule has 1 N–H and O–H groups in total. The second-order valence-electron chi connectivity index (χ2n) is 6.11. The Kier molecular flexibility index (Phi) is 5.73. The van der Waals surface area contributed by atoms with E-state index < -0.39 is 0 Å². The maximum absolute atomic E-state index is 4.21. The number of rotatable bonds is 7. The highest BCUT2D eigenvalue weighted by Gasteiger charge is 2.10. The molecule has 0 spiro atoms. The van der Waals surface area contributed by atoms with Crippen LogP contribution in [-0.2, 0) is 13.1 Å². The molecule has 0 amide bonds. The van der Waals surface area contributed by atoms with Gasteiger partial charge in [0.2, 0.25) is 0 Å². The minimum Gasteiger partial charge on any atom is -0.311 e. The summed E-state index contributed by atoms with van der Waals surface area (Å²) in [6.45, 7) is 12.7. The molecule has 112 valence electrons. The van der Waals surface area contributed by atoms with Gasteiger partial charge in [0, 0.05) is 32.4 Å². The molecule has 0 saturated carbocycles. The Balaban J connectivity index is 1.71. The van der Waals surface area contributed by atoms with Gasteiger partial charge in [0.15, 0.2) is 0 Å². The highest BCUT2D eigenvalue weighted by atomic mass is 15.4. The first-order valence-corrected chi connectivity index (χ1v) is 7.61. The Morgan fingerprint density at radius 2 is 2.20 bits per heavy atom. The highest BCUT2D eigenvalue weighted by molar-refractivity contribution is 5.04. The first kappa shape index (κ1) is 15.2. The molecule has 20 heavy (non-hydrogen) atoms. The van der Waals surface area contributed by atoms with Gasteiger partial charge < -0.3 is 5.32 Å². The van der Waals surface area contributed by atoms with E-state index in [-0.39, 0.29) is 0 Å². The van der Waals surface area contributed by atoms with Gasteiger partial charge in [-0.15, -0.1) is 5.10 Å². The van der Waals surface area contributed by atoms with Crippen molar-refractivity contribution in [3.8, 4) is 0 Å². The fraction of sp³-hybridized carbons (Fsp3) is 0.733. The van der Waals surface area contributed by atoms with Gasteiger partial charge >= 0.3 is 0 Å². The normalized spacial score (nSPS) is 16.7. The standard InChI is InChI=1S/C15H27N5/c1-13(2)9-16-10-15-12-20(18-17-15)8-7-19-6-4-5-14(3)11-19/h5,12-13,16H,4,6-11H2,1-3H3. The lowest BCUT2D eigenvalue weighted by Crippen LogP contribution is -2.32. The summed E-state index contributed by atoms with van der Waals surface area (Å²) in [5.74, 6) is 0.667. The van der Waals surface area contributed by atoms with Crippen LogP contribution in [0.15, 0.2) is 17.8 Å². The number of nitrogens with one attached hydrogen (secondary N) is 1. The summed E-state index contributed by atoms with van der Waals surface area (Å²) in [4.78, 5) is 2.48. The van der Waals surface area contributed by atoms with Crippen molar-refractivity contribution in [2.75, 3.05) is 26.2 Å². The van der Waals surface area contributed by atoms with Gasteiger partial charge in [-0.1, -0.05) is 30.7 Å². The van der Waals surface area contributed by atoms with Crippen LogP contribution >= 0.6 is 0 Å². The number of aromatic nitrogens is 3. The lowest BCUT2D eigenvalue weighted by molar-refractivity contribution is 0.272. The molecule has 0 fully saturated rings. The van der Waals surface area contributed by atoms with E-state index in [4.69, 9.17) is 0 Å². The molecular formula is C15H27N5. The van der Waals surface area contributed by atoms with Crippen LogP contribution in [-0.4, -0.2) is 46.1 Å². The minimum absolute atomic E-state index is 0.667. The monoisotopic (exact) mass is 277 g/mol. The van der Waals surface area contributed by atoms with Crippen molar-refractivity contribution in [2.24, 2.45) is 5.92 Å². The number of hydrogen-bond acceptors (Lipinski definition) is 4. The lowest BCUT2D eigenvalue weighted by Gasteiger charge is -2.25. The molecule has 1 aliphatic rings. The van der Waals surface area contributed by atoms with Crippen LogP contribution in [0.5, 0.6) is 0 Å². The van der Waals surface area contributed by atoms with E-state index in [9.17, 15) is 0 Å². The van der Waals surface area contributed by atoms with Crippen molar-refractivity contribution >= 4 is 0 Å². The molecular weight excluding hydrogens is 250 g/mol. The third-order valence-corrected chi connectivity index (χ3v) is 3.50. The first-order valence-electron chi connectivity index (χ1n) is 7.61. The van der Waals surface area contributed by atoms with Gasteiger partial charge in [0.1, 0.15) is 0 Å². The Morgan fingerprint density at radius 3 is 2.95 bits per heavy atom. The van der Waals surface area contributed by atoms with Gasteiger partial charge in [-0.25, -0.2) is 0 Å². The van der Waals surface area contributed by atoms with E-state index in [0.717, 1.165) is 45.0 Å². The van der Waals surface area contributed by atoms with Crippen molar-refractivity contribution in [3.05, 3.63) is 23.5 Å². The van der Waals surface area contributed by atoms with E-state index in [1.54, 1.807) is 0 Å². The molecule has 1 aliphatic heterocycles. The van der Waals surface area contributed by atoms with Crippen molar-refractivity contribution in [1.82, 2.24) is 25.2 Å². The summed E-state index contributed by atoms with van der Waals surface area (Å²) in [7, 11) is 0. The molecule has 0 aromatic carbocycles. The maximum atomic E-state index is 4.21. The van der Waals surface area contributed by atoms with Crippen LogP contribution in [0.4, 0.5) is 0 Å². The summed E-state index contributed by atoms with van der Waals surface area (Å²) in [6.07, 6.45) is 5.57. The van der Waals surface area contributed by atoms with Crippen LogP contribution < -0.4 is 5.32 Å². The Morgan fingerprint density at radius 1 is 1.35 bits per heavy atom. The summed E-state index contributed by atoms with van der Waals surface area (Å²) in [5, 5.41) is 11.8. The van der Waals surface area contributed by atoms with Gasteiger partial charge in [-0.2, -0.15) is 0 Å². The second-order valence-corrected chi connectivity index (χ2v) is 6.11. The molecule has 5 heteroatoms. The Labute approximate surface area is 122 Å². The van der Waals surface area contributed by atoms with Crippen molar-refractivity contribution in [3.63, 3.8) is 0 Å². The molecule has 0 aliphatic carbocycles. The summed E-state index contributed by atoms with van der Waals surface area (Å²) in [6, 6.07) is 0. The Hall–Kier alpha value is -1.20. The molecule has 2 rings (SSSR count). The zero-order valence-electron chi connectivity index (χ0n) is 13.0. The predicted molar refractivity (Wildman–Crippen MR) is 81.4 cm³/mol. The molecule has 1 aromatic rings. The summed E-state index contributed by atoms with van der Waals surface area (Å²) in [5.41, 5.74) is 2.51. The smallest absolute Gasteiger partial charge is 0.0964 e. The molecule has 0 saturated heterocycles.